The summed E-state index contributed by atoms with van der Waals surface area (Å²) < 4.78 is 7.94. The Morgan fingerprint density at radius 1 is 1.53 bits per heavy atom. The van der Waals surface area contributed by atoms with Gasteiger partial charge >= 0.3 is 0 Å². The van der Waals surface area contributed by atoms with Crippen LogP contribution >= 0.6 is 0 Å². The second-order valence-corrected chi connectivity index (χ2v) is 4.79. The van der Waals surface area contributed by atoms with Crippen LogP contribution in [0.4, 0.5) is 0 Å². The minimum Gasteiger partial charge on any atom is -0.378 e. The zero-order chi connectivity index (χ0) is 11.9. The van der Waals surface area contributed by atoms with Gasteiger partial charge in [-0.1, -0.05) is 6.92 Å². The van der Waals surface area contributed by atoms with E-state index >= 15 is 0 Å². The van der Waals surface area contributed by atoms with Crippen LogP contribution in [0.25, 0.3) is 0 Å². The smallest absolute Gasteiger partial charge is 0.0588 e. The third-order valence-corrected chi connectivity index (χ3v) is 3.36. The van der Waals surface area contributed by atoms with Crippen LogP contribution in [-0.2, 0) is 17.8 Å². The highest BCUT2D eigenvalue weighted by Crippen LogP contribution is 2.14. The molecule has 1 atom stereocenters. The van der Waals surface area contributed by atoms with Crippen LogP contribution in [-0.4, -0.2) is 23.8 Å². The van der Waals surface area contributed by atoms with Gasteiger partial charge in [0, 0.05) is 31.6 Å². The molecular weight excluding hydrogens is 212 g/mol. The van der Waals surface area contributed by atoms with Crippen molar-refractivity contribution in [3.63, 3.8) is 0 Å². The third kappa shape index (κ3) is 3.86. The van der Waals surface area contributed by atoms with Crippen LogP contribution in [0.2, 0.25) is 0 Å². The zero-order valence-electron chi connectivity index (χ0n) is 10.8. The van der Waals surface area contributed by atoms with Crippen LogP contribution in [0.15, 0.2) is 18.3 Å². The molecule has 1 aliphatic rings. The predicted molar refractivity (Wildman–Crippen MR) is 70.0 cm³/mol. The van der Waals surface area contributed by atoms with Crippen molar-refractivity contribution in [3.05, 3.63) is 24.0 Å². The van der Waals surface area contributed by atoms with Crippen molar-refractivity contribution in [2.24, 2.45) is 0 Å². The normalized spacial score (nSPS) is 19.9. The van der Waals surface area contributed by atoms with E-state index in [2.05, 4.69) is 35.1 Å². The molecule has 1 fully saturated rings. The van der Waals surface area contributed by atoms with Gasteiger partial charge in [-0.25, -0.2) is 0 Å². The molecule has 2 heterocycles. The van der Waals surface area contributed by atoms with Crippen molar-refractivity contribution in [1.29, 1.82) is 0 Å². The highest BCUT2D eigenvalue weighted by molar-refractivity contribution is 5.06. The molecule has 3 heteroatoms. The number of aryl methyl sites for hydroxylation is 1. The second kappa shape index (κ2) is 6.82. The Bertz CT molecular complexity index is 316. The first kappa shape index (κ1) is 12.7. The van der Waals surface area contributed by atoms with Gasteiger partial charge in [0.05, 0.1) is 6.10 Å². The minimum absolute atomic E-state index is 0.505. The number of nitrogens with one attached hydrogen (secondary N) is 1. The first-order valence-electron chi connectivity index (χ1n) is 6.86. The third-order valence-electron chi connectivity index (χ3n) is 3.36. The first-order valence-corrected chi connectivity index (χ1v) is 6.86. The van der Waals surface area contributed by atoms with Gasteiger partial charge in [0.1, 0.15) is 0 Å². The van der Waals surface area contributed by atoms with E-state index in [1.165, 1.54) is 25.0 Å². The lowest BCUT2D eigenvalue weighted by molar-refractivity contribution is 0.104. The molecule has 1 aromatic rings. The molecule has 0 bridgehead atoms. The fourth-order valence-corrected chi connectivity index (χ4v) is 2.42. The summed E-state index contributed by atoms with van der Waals surface area (Å²) in [6, 6.07) is 4.33. The Hall–Kier alpha value is -0.800. The van der Waals surface area contributed by atoms with Crippen molar-refractivity contribution < 1.29 is 4.74 Å². The minimum atomic E-state index is 0.505. The molecule has 0 aromatic carbocycles. The maximum Gasteiger partial charge on any atom is 0.0588 e. The topological polar surface area (TPSA) is 26.2 Å². The molecule has 3 nitrogen and oxygen atoms in total. The lowest BCUT2D eigenvalue weighted by Gasteiger charge is -2.11. The van der Waals surface area contributed by atoms with Gasteiger partial charge in [-0.15, -0.1) is 0 Å². The van der Waals surface area contributed by atoms with Crippen molar-refractivity contribution >= 4 is 0 Å². The van der Waals surface area contributed by atoms with Crippen molar-refractivity contribution in [2.75, 3.05) is 13.2 Å². The highest BCUT2D eigenvalue weighted by Gasteiger charge is 2.14. The Morgan fingerprint density at radius 3 is 3.24 bits per heavy atom. The Balaban J connectivity index is 1.65. The van der Waals surface area contributed by atoms with E-state index in [4.69, 9.17) is 4.74 Å². The standard InChI is InChI=1S/C14H24N2O/c1-2-9-16-10-3-5-13(16)12-15-8-7-14-6-4-11-17-14/h3,5,10,14-15H,2,4,6-9,11-12H2,1H3. The van der Waals surface area contributed by atoms with Crippen molar-refractivity contribution in [1.82, 2.24) is 9.88 Å². The second-order valence-electron chi connectivity index (χ2n) is 4.79. The van der Waals surface area contributed by atoms with Crippen molar-refractivity contribution in [3.8, 4) is 0 Å². The monoisotopic (exact) mass is 236 g/mol. The van der Waals surface area contributed by atoms with E-state index in [1.807, 2.05) is 0 Å². The molecule has 2 rings (SSSR count). The number of ether oxygens (including phenoxy) is 1. The van der Waals surface area contributed by atoms with Crippen LogP contribution < -0.4 is 5.32 Å². The summed E-state index contributed by atoms with van der Waals surface area (Å²) in [5.41, 5.74) is 1.39. The molecule has 17 heavy (non-hydrogen) atoms. The van der Waals surface area contributed by atoms with Gasteiger partial charge in [0.2, 0.25) is 0 Å². The average molecular weight is 236 g/mol. The summed E-state index contributed by atoms with van der Waals surface area (Å²) >= 11 is 0. The highest BCUT2D eigenvalue weighted by atomic mass is 16.5. The number of hydrogen-bond acceptors (Lipinski definition) is 2. The molecule has 1 saturated heterocycles. The summed E-state index contributed by atoms with van der Waals surface area (Å²) in [6.45, 7) is 6.33. The van der Waals surface area contributed by atoms with Gasteiger partial charge in [-0.3, -0.25) is 0 Å². The Morgan fingerprint density at radius 2 is 2.47 bits per heavy atom. The lowest BCUT2D eigenvalue weighted by atomic mass is 10.2. The maximum absolute atomic E-state index is 5.61. The molecule has 0 amide bonds. The molecule has 96 valence electrons. The van der Waals surface area contributed by atoms with E-state index in [1.54, 1.807) is 0 Å². The Labute approximate surface area is 104 Å². The number of rotatable bonds is 7. The van der Waals surface area contributed by atoms with Gasteiger partial charge in [0.25, 0.3) is 0 Å². The van der Waals surface area contributed by atoms with E-state index in [0.29, 0.717) is 6.10 Å². The summed E-state index contributed by atoms with van der Waals surface area (Å²) in [6.07, 6.45) is 7.50. The number of nitrogens with zero attached hydrogens (tertiary/aromatic N) is 1. The van der Waals surface area contributed by atoms with Crippen LogP contribution in [0, 0.1) is 0 Å². The summed E-state index contributed by atoms with van der Waals surface area (Å²) in [4.78, 5) is 0. The molecule has 1 aromatic heterocycles. The summed E-state index contributed by atoms with van der Waals surface area (Å²) in [5.74, 6) is 0. The van der Waals surface area contributed by atoms with E-state index < -0.39 is 0 Å². The lowest BCUT2D eigenvalue weighted by Crippen LogP contribution is -2.21. The molecule has 0 spiro atoms. The maximum atomic E-state index is 5.61. The van der Waals surface area contributed by atoms with Gasteiger partial charge in [0.15, 0.2) is 0 Å². The van der Waals surface area contributed by atoms with Crippen LogP contribution in [0.1, 0.15) is 38.3 Å². The van der Waals surface area contributed by atoms with E-state index in [-0.39, 0.29) is 0 Å². The Kier molecular flexibility index (Phi) is 5.08. The first-order chi connectivity index (χ1) is 8.40. The average Bonchev–Trinajstić information content (AvgIpc) is 2.96. The fourth-order valence-electron chi connectivity index (χ4n) is 2.42. The number of hydrogen-bond donors (Lipinski definition) is 1. The molecule has 0 radical (unpaired) electrons. The predicted octanol–water partition coefficient (Wildman–Crippen LogP) is 2.56. The van der Waals surface area contributed by atoms with Gasteiger partial charge in [-0.2, -0.15) is 0 Å². The molecule has 0 saturated carbocycles. The molecule has 1 aliphatic heterocycles. The van der Waals surface area contributed by atoms with E-state index in [9.17, 15) is 0 Å². The fraction of sp³-hybridized carbons (Fsp3) is 0.714. The molecule has 0 aliphatic carbocycles. The van der Waals surface area contributed by atoms with Gasteiger partial charge < -0.3 is 14.6 Å². The van der Waals surface area contributed by atoms with Crippen LogP contribution in [0.5, 0.6) is 0 Å². The molecular formula is C14H24N2O. The number of aromatic nitrogens is 1. The SMILES string of the molecule is CCCn1cccc1CNCCC1CCCO1. The van der Waals surface area contributed by atoms with Gasteiger partial charge in [-0.05, 0) is 44.4 Å². The molecule has 1 unspecified atom stereocenters. The van der Waals surface area contributed by atoms with E-state index in [0.717, 1.165) is 32.7 Å². The largest absolute Gasteiger partial charge is 0.378 e. The molecule has 1 N–H and O–H groups in total. The summed E-state index contributed by atoms with van der Waals surface area (Å²) in [5, 5.41) is 3.51. The van der Waals surface area contributed by atoms with Crippen LogP contribution in [0.3, 0.4) is 0 Å². The summed E-state index contributed by atoms with van der Waals surface area (Å²) in [7, 11) is 0. The quantitative estimate of drug-likeness (QED) is 0.736. The zero-order valence-corrected chi connectivity index (χ0v) is 10.8. The van der Waals surface area contributed by atoms with Crippen molar-refractivity contribution in [2.45, 2.75) is 51.8 Å².